The number of hydrogen-bond acceptors (Lipinski definition) is 5. The molecule has 2 aromatic rings. The summed E-state index contributed by atoms with van der Waals surface area (Å²) in [5.41, 5.74) is 2.46. The zero-order valence-corrected chi connectivity index (χ0v) is 18.9. The van der Waals surface area contributed by atoms with Crippen LogP contribution in [-0.4, -0.2) is 56.8 Å². The van der Waals surface area contributed by atoms with Crippen LogP contribution >= 0.6 is 0 Å². The fourth-order valence-electron chi connectivity index (χ4n) is 4.68. The first-order chi connectivity index (χ1) is 15.3. The molecule has 2 N–H and O–H groups in total. The van der Waals surface area contributed by atoms with E-state index in [0.29, 0.717) is 24.8 Å². The molecule has 0 saturated carbocycles. The van der Waals surface area contributed by atoms with Crippen molar-refractivity contribution in [1.29, 1.82) is 0 Å². The van der Waals surface area contributed by atoms with E-state index in [1.807, 2.05) is 30.3 Å². The van der Waals surface area contributed by atoms with Crippen molar-refractivity contribution in [1.82, 2.24) is 4.72 Å². The van der Waals surface area contributed by atoms with Crippen molar-refractivity contribution < 1.29 is 27.4 Å². The van der Waals surface area contributed by atoms with E-state index < -0.39 is 10.0 Å². The van der Waals surface area contributed by atoms with Gasteiger partial charge in [-0.25, -0.2) is 17.5 Å². The van der Waals surface area contributed by atoms with E-state index >= 15 is 0 Å². The number of hydrogen-bond donors (Lipinski definition) is 2. The third-order valence-electron chi connectivity index (χ3n) is 6.27. The molecule has 2 aliphatic heterocycles. The van der Waals surface area contributed by atoms with Crippen LogP contribution in [0, 0.1) is 5.82 Å². The van der Waals surface area contributed by atoms with Crippen LogP contribution in [0.5, 0.6) is 0 Å². The number of aryl methyl sites for hydroxylation is 1. The molecule has 0 unspecified atom stereocenters. The number of ether oxygens (including phenoxy) is 2. The highest BCUT2D eigenvalue weighted by Gasteiger charge is 2.42. The lowest BCUT2D eigenvalue weighted by Crippen LogP contribution is -2.57. The molecule has 2 aliphatic rings. The van der Waals surface area contributed by atoms with Gasteiger partial charge in [-0.2, -0.15) is 0 Å². The Labute approximate surface area is 188 Å². The number of benzene rings is 2. The van der Waals surface area contributed by atoms with Crippen molar-refractivity contribution in [2.45, 2.75) is 62.6 Å². The molecular formula is C24H30FNO5S. The minimum Gasteiger partial charge on any atom is -0.394 e. The number of aliphatic hydroxyl groups is 1. The number of nitrogens with one attached hydrogen (secondary N) is 1. The zero-order valence-electron chi connectivity index (χ0n) is 18.1. The number of fused-ring (bicyclic) bond motifs is 1. The first-order valence-electron chi connectivity index (χ1n) is 11.1. The van der Waals surface area contributed by atoms with Gasteiger partial charge in [0.05, 0.1) is 43.3 Å². The molecule has 0 aromatic heterocycles. The molecule has 4 rings (SSSR count). The average Bonchev–Trinajstić information content (AvgIpc) is 2.77. The number of halogens is 1. The summed E-state index contributed by atoms with van der Waals surface area (Å²) in [6.07, 6.45) is 3.73. The fraction of sp³-hybridized carbons (Fsp3) is 0.500. The molecule has 174 valence electrons. The topological polar surface area (TPSA) is 84.9 Å². The van der Waals surface area contributed by atoms with Crippen LogP contribution < -0.4 is 4.72 Å². The van der Waals surface area contributed by atoms with Crippen molar-refractivity contribution in [3.63, 3.8) is 0 Å². The van der Waals surface area contributed by atoms with Gasteiger partial charge in [0.1, 0.15) is 5.82 Å². The Morgan fingerprint density at radius 2 is 1.81 bits per heavy atom. The van der Waals surface area contributed by atoms with Crippen molar-refractivity contribution in [2.75, 3.05) is 12.9 Å². The van der Waals surface area contributed by atoms with Gasteiger partial charge in [-0.1, -0.05) is 42.5 Å². The standard InChI is InChI=1S/C24H30FNO5S/c1-32(28,29)26-21-14-24-23(13-11-18(15-27)30-24)31-22(21)12-8-16-6-9-17(10-7-16)19-4-2-3-5-20(19)25/h2-7,9-10,18,21-24,26-27H,8,11-15H2,1H3/t18-,21-,22+,23-,24-/m0/s1. The van der Waals surface area contributed by atoms with E-state index in [0.717, 1.165) is 30.2 Å². The summed E-state index contributed by atoms with van der Waals surface area (Å²) in [7, 11) is -3.41. The zero-order chi connectivity index (χ0) is 22.7. The summed E-state index contributed by atoms with van der Waals surface area (Å²) >= 11 is 0. The Morgan fingerprint density at radius 1 is 1.06 bits per heavy atom. The summed E-state index contributed by atoms with van der Waals surface area (Å²) in [6, 6.07) is 14.1. The minimum atomic E-state index is -3.41. The quantitative estimate of drug-likeness (QED) is 0.659. The van der Waals surface area contributed by atoms with E-state index in [-0.39, 0.29) is 42.9 Å². The van der Waals surface area contributed by atoms with Gasteiger partial charge < -0.3 is 14.6 Å². The van der Waals surface area contributed by atoms with Crippen LogP contribution in [0.1, 0.15) is 31.2 Å². The predicted octanol–water partition coefficient (Wildman–Crippen LogP) is 3.04. The highest BCUT2D eigenvalue weighted by atomic mass is 32.2. The maximum atomic E-state index is 14.0. The molecule has 0 bridgehead atoms. The molecule has 5 atom stereocenters. The smallest absolute Gasteiger partial charge is 0.209 e. The molecule has 6 nitrogen and oxygen atoms in total. The molecule has 2 fully saturated rings. The molecule has 32 heavy (non-hydrogen) atoms. The van der Waals surface area contributed by atoms with Crippen molar-refractivity contribution in [2.24, 2.45) is 0 Å². The summed E-state index contributed by atoms with van der Waals surface area (Å²) in [5, 5.41) is 9.41. The molecule has 0 spiro atoms. The fourth-order valence-corrected chi connectivity index (χ4v) is 5.48. The Balaban J connectivity index is 1.43. The first kappa shape index (κ1) is 23.3. The van der Waals surface area contributed by atoms with Crippen molar-refractivity contribution in [3.05, 3.63) is 59.9 Å². The average molecular weight is 464 g/mol. The van der Waals surface area contributed by atoms with Gasteiger partial charge in [0.15, 0.2) is 0 Å². The molecule has 0 aliphatic carbocycles. The lowest BCUT2D eigenvalue weighted by atomic mass is 9.88. The van der Waals surface area contributed by atoms with Crippen molar-refractivity contribution in [3.8, 4) is 11.1 Å². The Hall–Kier alpha value is -1.84. The SMILES string of the molecule is CS(=O)(=O)N[C@H]1C[C@@H]2O[C@H](CO)CC[C@@H]2O[C@@H]1CCc1ccc(-c2ccccc2F)cc1. The third-order valence-corrected chi connectivity index (χ3v) is 7.00. The molecular weight excluding hydrogens is 433 g/mol. The molecule has 2 aromatic carbocycles. The highest BCUT2D eigenvalue weighted by Crippen LogP contribution is 2.33. The second-order valence-corrected chi connectivity index (χ2v) is 10.5. The van der Waals surface area contributed by atoms with Gasteiger partial charge in [-0.15, -0.1) is 0 Å². The number of aliphatic hydroxyl groups excluding tert-OH is 1. The third kappa shape index (κ3) is 5.74. The van der Waals surface area contributed by atoms with Crippen molar-refractivity contribution >= 4 is 10.0 Å². The molecule has 0 radical (unpaired) electrons. The second-order valence-electron chi connectivity index (χ2n) is 8.72. The largest absolute Gasteiger partial charge is 0.394 e. The molecule has 0 amide bonds. The summed E-state index contributed by atoms with van der Waals surface area (Å²) in [6.45, 7) is -0.0420. The van der Waals surface area contributed by atoms with Gasteiger partial charge in [-0.05, 0) is 49.3 Å². The lowest BCUT2D eigenvalue weighted by Gasteiger charge is -2.45. The van der Waals surface area contributed by atoms with E-state index in [4.69, 9.17) is 9.47 Å². The van der Waals surface area contributed by atoms with E-state index in [9.17, 15) is 17.9 Å². The van der Waals surface area contributed by atoms with Gasteiger partial charge in [0.25, 0.3) is 0 Å². The molecule has 2 heterocycles. The second kappa shape index (κ2) is 9.97. The van der Waals surface area contributed by atoms with Crippen LogP contribution in [0.2, 0.25) is 0 Å². The van der Waals surface area contributed by atoms with E-state index in [1.165, 1.54) is 6.07 Å². The molecule has 2 saturated heterocycles. The normalized spacial score (nSPS) is 28.3. The van der Waals surface area contributed by atoms with E-state index in [2.05, 4.69) is 4.72 Å². The van der Waals surface area contributed by atoms with Gasteiger partial charge >= 0.3 is 0 Å². The maximum Gasteiger partial charge on any atom is 0.209 e. The van der Waals surface area contributed by atoms with Gasteiger partial charge in [-0.3, -0.25) is 0 Å². The predicted molar refractivity (Wildman–Crippen MR) is 120 cm³/mol. The molecule has 8 heteroatoms. The van der Waals surface area contributed by atoms with E-state index in [1.54, 1.807) is 12.1 Å². The number of rotatable bonds is 7. The first-order valence-corrected chi connectivity index (χ1v) is 12.9. The monoisotopic (exact) mass is 463 g/mol. The number of sulfonamides is 1. The maximum absolute atomic E-state index is 14.0. The minimum absolute atomic E-state index is 0.0420. The lowest BCUT2D eigenvalue weighted by molar-refractivity contribution is -0.200. The van der Waals surface area contributed by atoms with Crippen LogP contribution in [0.15, 0.2) is 48.5 Å². The van der Waals surface area contributed by atoms with Gasteiger partial charge in [0.2, 0.25) is 10.0 Å². The van der Waals surface area contributed by atoms with Gasteiger partial charge in [0, 0.05) is 5.56 Å². The Morgan fingerprint density at radius 3 is 2.50 bits per heavy atom. The Kier molecular flexibility index (Phi) is 7.27. The van der Waals surface area contributed by atoms with Crippen LogP contribution in [0.25, 0.3) is 11.1 Å². The summed E-state index contributed by atoms with van der Waals surface area (Å²) in [5.74, 6) is -0.252. The Bertz CT molecular complexity index is 1010. The summed E-state index contributed by atoms with van der Waals surface area (Å²) in [4.78, 5) is 0. The van der Waals surface area contributed by atoms with Crippen LogP contribution in [0.4, 0.5) is 4.39 Å². The summed E-state index contributed by atoms with van der Waals surface area (Å²) < 4.78 is 52.8. The van der Waals surface area contributed by atoms with Crippen LogP contribution in [-0.2, 0) is 25.9 Å². The van der Waals surface area contributed by atoms with Crippen LogP contribution in [0.3, 0.4) is 0 Å². The highest BCUT2D eigenvalue weighted by molar-refractivity contribution is 7.88.